The first-order chi connectivity index (χ1) is 16.3. The molecule has 3 heterocycles. The van der Waals surface area contributed by atoms with Crippen molar-refractivity contribution in [1.29, 1.82) is 0 Å². The molecule has 178 valence electrons. The third-order valence-electron chi connectivity index (χ3n) is 6.91. The van der Waals surface area contributed by atoms with Crippen molar-refractivity contribution >= 4 is 51.6 Å². The summed E-state index contributed by atoms with van der Waals surface area (Å²) in [5.41, 5.74) is 21.2. The molecule has 0 saturated carbocycles. The van der Waals surface area contributed by atoms with E-state index < -0.39 is 10.8 Å². The molecule has 1 spiro atoms. The SMILES string of the molecule is CS(=O)c1ccc2c(c1)C(N)C1(CCN(c3cnc(Sc4ccnc(N)c4Cl)c(N)n3)CC1)C2. The van der Waals surface area contributed by atoms with Gasteiger partial charge >= 0.3 is 0 Å². The highest BCUT2D eigenvalue weighted by Gasteiger charge is 2.46. The van der Waals surface area contributed by atoms with Gasteiger partial charge in [0.05, 0.1) is 11.2 Å². The maximum absolute atomic E-state index is 11.9. The Kier molecular flexibility index (Phi) is 6.18. The molecule has 1 aromatic carbocycles. The predicted octanol–water partition coefficient (Wildman–Crippen LogP) is 3.42. The smallest absolute Gasteiger partial charge is 0.158 e. The van der Waals surface area contributed by atoms with Crippen LogP contribution in [0, 0.1) is 5.41 Å². The van der Waals surface area contributed by atoms with Crippen molar-refractivity contribution in [3.05, 3.63) is 52.8 Å². The van der Waals surface area contributed by atoms with Crippen molar-refractivity contribution in [1.82, 2.24) is 15.0 Å². The standard InChI is InChI=1S/C23H26ClN7OS2/c1-34(32)14-3-2-13-11-23(19(25)15(13)10-14)5-8-31(9-6-23)17-12-29-22(21(27)30-17)33-16-4-7-28-20(26)18(16)24/h2-4,7,10,12,19H,5-6,8-9,11,25H2,1H3,(H2,26,28)(H2,27,30). The predicted molar refractivity (Wildman–Crippen MR) is 138 cm³/mol. The highest BCUT2D eigenvalue weighted by atomic mass is 35.5. The molecular weight excluding hydrogens is 490 g/mol. The zero-order valence-electron chi connectivity index (χ0n) is 18.7. The van der Waals surface area contributed by atoms with E-state index in [1.807, 2.05) is 12.1 Å². The van der Waals surface area contributed by atoms with Gasteiger partial charge in [-0.1, -0.05) is 29.4 Å². The Morgan fingerprint density at radius 1 is 1.18 bits per heavy atom. The van der Waals surface area contributed by atoms with E-state index in [2.05, 4.69) is 25.9 Å². The van der Waals surface area contributed by atoms with Crippen LogP contribution >= 0.6 is 23.4 Å². The number of rotatable bonds is 4. The van der Waals surface area contributed by atoms with Gasteiger partial charge in [-0.15, -0.1) is 0 Å². The molecule has 3 aromatic rings. The fraction of sp³-hybridized carbons (Fsp3) is 0.348. The van der Waals surface area contributed by atoms with Crippen LogP contribution in [0.15, 0.2) is 51.5 Å². The summed E-state index contributed by atoms with van der Waals surface area (Å²) in [6, 6.07) is 7.80. The van der Waals surface area contributed by atoms with Crippen LogP contribution in [0.25, 0.3) is 0 Å². The monoisotopic (exact) mass is 515 g/mol. The zero-order chi connectivity index (χ0) is 24.0. The van der Waals surface area contributed by atoms with Crippen LogP contribution in [0.4, 0.5) is 17.5 Å². The van der Waals surface area contributed by atoms with Gasteiger partial charge in [0, 0.05) is 52.2 Å². The van der Waals surface area contributed by atoms with Gasteiger partial charge in [0.15, 0.2) is 5.82 Å². The minimum Gasteiger partial charge on any atom is -0.382 e. The second-order valence-corrected chi connectivity index (χ2v) is 11.6. The number of hydrogen-bond donors (Lipinski definition) is 3. The van der Waals surface area contributed by atoms with E-state index in [0.29, 0.717) is 15.9 Å². The van der Waals surface area contributed by atoms with Crippen LogP contribution in [0.2, 0.25) is 5.02 Å². The normalized spacial score (nSPS) is 19.9. The highest BCUT2D eigenvalue weighted by Crippen LogP contribution is 2.51. The van der Waals surface area contributed by atoms with Crippen molar-refractivity contribution in [2.75, 3.05) is 35.7 Å². The molecule has 2 aliphatic rings. The Morgan fingerprint density at radius 3 is 2.65 bits per heavy atom. The topological polar surface area (TPSA) is 137 Å². The van der Waals surface area contributed by atoms with E-state index in [-0.39, 0.29) is 17.3 Å². The van der Waals surface area contributed by atoms with E-state index in [1.165, 1.54) is 17.3 Å². The van der Waals surface area contributed by atoms with Gasteiger partial charge in [-0.05, 0) is 54.0 Å². The average Bonchev–Trinajstić information content (AvgIpc) is 3.09. The lowest BCUT2D eigenvalue weighted by Gasteiger charge is -2.42. The summed E-state index contributed by atoms with van der Waals surface area (Å²) in [4.78, 5) is 16.9. The molecule has 1 aliphatic heterocycles. The van der Waals surface area contributed by atoms with Gasteiger partial charge in [0.25, 0.3) is 0 Å². The molecule has 1 aliphatic carbocycles. The molecule has 2 atom stereocenters. The fourth-order valence-electron chi connectivity index (χ4n) is 4.93. The molecule has 6 N–H and O–H groups in total. The van der Waals surface area contributed by atoms with Crippen LogP contribution in [0.3, 0.4) is 0 Å². The van der Waals surface area contributed by atoms with Crippen molar-refractivity contribution in [3.63, 3.8) is 0 Å². The maximum atomic E-state index is 11.9. The van der Waals surface area contributed by atoms with Crippen molar-refractivity contribution in [2.45, 2.75) is 40.1 Å². The highest BCUT2D eigenvalue weighted by molar-refractivity contribution is 7.99. The van der Waals surface area contributed by atoms with E-state index >= 15 is 0 Å². The number of hydrogen-bond acceptors (Lipinski definition) is 9. The molecular formula is C23H26ClN7OS2. The lowest BCUT2D eigenvalue weighted by Crippen LogP contribution is -2.44. The maximum Gasteiger partial charge on any atom is 0.158 e. The second kappa shape index (κ2) is 8.99. The number of anilines is 3. The van der Waals surface area contributed by atoms with E-state index in [9.17, 15) is 4.21 Å². The summed E-state index contributed by atoms with van der Waals surface area (Å²) in [6.45, 7) is 1.64. The minimum atomic E-state index is -1.01. The van der Waals surface area contributed by atoms with Crippen molar-refractivity contribution < 1.29 is 4.21 Å². The van der Waals surface area contributed by atoms with Gasteiger partial charge in [-0.25, -0.2) is 15.0 Å². The number of piperidine rings is 1. The molecule has 5 rings (SSSR count). The van der Waals surface area contributed by atoms with Gasteiger partial charge in [-0.2, -0.15) is 0 Å². The van der Waals surface area contributed by atoms with Gasteiger partial charge in [0.1, 0.15) is 16.7 Å². The quantitative estimate of drug-likeness (QED) is 0.477. The van der Waals surface area contributed by atoms with Gasteiger partial charge < -0.3 is 22.1 Å². The Bertz CT molecular complexity index is 1280. The molecule has 0 radical (unpaired) electrons. The van der Waals surface area contributed by atoms with Crippen LogP contribution in [-0.2, 0) is 17.2 Å². The third-order valence-corrected chi connectivity index (χ3v) is 9.40. The summed E-state index contributed by atoms with van der Waals surface area (Å²) < 4.78 is 11.9. The number of benzene rings is 1. The Hall–Kier alpha value is -2.40. The molecule has 0 bridgehead atoms. The van der Waals surface area contributed by atoms with Crippen LogP contribution < -0.4 is 22.1 Å². The largest absolute Gasteiger partial charge is 0.382 e. The number of fused-ring (bicyclic) bond motifs is 1. The molecule has 1 fully saturated rings. The first kappa shape index (κ1) is 23.3. The van der Waals surface area contributed by atoms with E-state index in [0.717, 1.165) is 53.5 Å². The minimum absolute atomic E-state index is 0.0134. The summed E-state index contributed by atoms with van der Waals surface area (Å²) in [5.74, 6) is 1.37. The molecule has 0 amide bonds. The number of nitrogens with zero attached hydrogens (tertiary/aromatic N) is 4. The fourth-order valence-corrected chi connectivity index (χ4v) is 6.50. The molecule has 2 unspecified atom stereocenters. The number of nitrogens with two attached hydrogens (primary N) is 3. The Balaban J connectivity index is 1.29. The van der Waals surface area contributed by atoms with Gasteiger partial charge in [-0.3, -0.25) is 4.21 Å². The zero-order valence-corrected chi connectivity index (χ0v) is 21.1. The molecule has 34 heavy (non-hydrogen) atoms. The Labute approximate surface area is 210 Å². The number of pyridine rings is 1. The summed E-state index contributed by atoms with van der Waals surface area (Å²) in [7, 11) is -1.01. The van der Waals surface area contributed by atoms with Gasteiger partial charge in [0.2, 0.25) is 0 Å². The van der Waals surface area contributed by atoms with E-state index in [4.69, 9.17) is 28.8 Å². The lowest BCUT2D eigenvalue weighted by atomic mass is 9.73. The summed E-state index contributed by atoms with van der Waals surface area (Å²) >= 11 is 7.56. The van der Waals surface area contributed by atoms with Crippen LogP contribution in [-0.4, -0.2) is 38.5 Å². The number of halogens is 1. The Morgan fingerprint density at radius 2 is 1.94 bits per heavy atom. The van der Waals surface area contributed by atoms with Crippen LogP contribution in [0.5, 0.6) is 0 Å². The molecule has 2 aromatic heterocycles. The average molecular weight is 516 g/mol. The number of nitrogen functional groups attached to an aromatic ring is 2. The third kappa shape index (κ3) is 4.13. The van der Waals surface area contributed by atoms with Crippen LogP contribution in [0.1, 0.15) is 30.0 Å². The molecule has 8 nitrogen and oxygen atoms in total. The first-order valence-corrected chi connectivity index (χ1v) is 13.7. The van der Waals surface area contributed by atoms with Crippen molar-refractivity contribution in [2.24, 2.45) is 11.1 Å². The number of aromatic nitrogens is 3. The van der Waals surface area contributed by atoms with Crippen molar-refractivity contribution in [3.8, 4) is 0 Å². The molecule has 1 saturated heterocycles. The molecule has 11 heteroatoms. The lowest BCUT2D eigenvalue weighted by molar-refractivity contribution is 0.187. The summed E-state index contributed by atoms with van der Waals surface area (Å²) in [5, 5.41) is 0.951. The summed E-state index contributed by atoms with van der Waals surface area (Å²) in [6.07, 6.45) is 7.89. The first-order valence-electron chi connectivity index (χ1n) is 10.9. The van der Waals surface area contributed by atoms with E-state index in [1.54, 1.807) is 24.7 Å². The second-order valence-electron chi connectivity index (χ2n) is 8.85.